The van der Waals surface area contributed by atoms with Gasteiger partial charge in [-0.2, -0.15) is 5.10 Å². The van der Waals surface area contributed by atoms with Gasteiger partial charge in [-0.05, 0) is 35.9 Å². The van der Waals surface area contributed by atoms with Crippen LogP contribution in [0.3, 0.4) is 0 Å². The summed E-state index contributed by atoms with van der Waals surface area (Å²) < 4.78 is 10.3. The third kappa shape index (κ3) is 5.20. The van der Waals surface area contributed by atoms with Gasteiger partial charge in [-0.25, -0.2) is 4.79 Å². The van der Waals surface area contributed by atoms with E-state index in [-0.39, 0.29) is 29.3 Å². The first-order chi connectivity index (χ1) is 14.5. The molecule has 0 bridgehead atoms. The zero-order valence-corrected chi connectivity index (χ0v) is 16.5. The lowest BCUT2D eigenvalue weighted by atomic mass is 10.1. The van der Waals surface area contributed by atoms with Crippen LogP contribution in [-0.2, 0) is 16.1 Å². The van der Waals surface area contributed by atoms with Crippen molar-refractivity contribution in [3.05, 3.63) is 69.3 Å². The predicted octanol–water partition coefficient (Wildman–Crippen LogP) is 2.51. The highest BCUT2D eigenvalue weighted by molar-refractivity contribution is 8.15. The molecule has 1 heterocycles. The molecule has 3 rings (SSSR count). The van der Waals surface area contributed by atoms with Crippen molar-refractivity contribution in [2.24, 2.45) is 10.2 Å². The molecular weight excluding hydrogens is 412 g/mol. The quantitative estimate of drug-likeness (QED) is 0.310. The van der Waals surface area contributed by atoms with Gasteiger partial charge in [0, 0.05) is 6.07 Å². The van der Waals surface area contributed by atoms with Crippen molar-refractivity contribution in [3.8, 4) is 5.75 Å². The zero-order chi connectivity index (χ0) is 21.5. The highest BCUT2D eigenvalue weighted by Crippen LogP contribution is 2.25. The number of ether oxygens (including phenoxy) is 2. The fraction of sp³-hybridized carbons (Fsp3) is 0.158. The second kappa shape index (κ2) is 9.65. The Bertz CT molecular complexity index is 1040. The summed E-state index contributed by atoms with van der Waals surface area (Å²) in [7, 11) is 1.20. The van der Waals surface area contributed by atoms with Gasteiger partial charge < -0.3 is 14.8 Å². The van der Waals surface area contributed by atoms with Crippen LogP contribution < -0.4 is 10.1 Å². The van der Waals surface area contributed by atoms with Crippen molar-refractivity contribution in [1.29, 1.82) is 0 Å². The monoisotopic (exact) mass is 428 g/mol. The van der Waals surface area contributed by atoms with Crippen LogP contribution in [-0.4, -0.2) is 41.0 Å². The van der Waals surface area contributed by atoms with E-state index in [9.17, 15) is 19.7 Å². The number of thioether (sulfide) groups is 1. The van der Waals surface area contributed by atoms with Crippen LogP contribution in [0.5, 0.6) is 5.75 Å². The molecule has 2 aromatic rings. The van der Waals surface area contributed by atoms with E-state index in [0.29, 0.717) is 16.7 Å². The number of carbonyl (C=O) groups excluding carboxylic acids is 2. The molecule has 11 heteroatoms. The van der Waals surface area contributed by atoms with Gasteiger partial charge in [0.25, 0.3) is 5.69 Å². The Labute approximate surface area is 175 Å². The standard InChI is InChI=1S/C19H16N4O6S/c1-28-18(25)14-3-2-4-16(23(26)27)15(14)10-29-13-7-5-12(6-8-13)9-20-22-19-21-17(24)11-30-19/h2-9H,10-11H2,1H3,(H,21,22,24). The fourth-order valence-electron chi connectivity index (χ4n) is 2.53. The first kappa shape index (κ1) is 21.0. The van der Waals surface area contributed by atoms with Crippen LogP contribution in [0.4, 0.5) is 5.69 Å². The maximum atomic E-state index is 11.9. The molecule has 0 saturated carbocycles. The maximum absolute atomic E-state index is 11.9. The van der Waals surface area contributed by atoms with Crippen molar-refractivity contribution in [2.45, 2.75) is 6.61 Å². The minimum atomic E-state index is -0.679. The number of nitrogens with zero attached hydrogens (tertiary/aromatic N) is 3. The van der Waals surface area contributed by atoms with Crippen LogP contribution >= 0.6 is 11.8 Å². The largest absolute Gasteiger partial charge is 0.489 e. The molecule has 30 heavy (non-hydrogen) atoms. The van der Waals surface area contributed by atoms with Crippen molar-refractivity contribution in [2.75, 3.05) is 12.9 Å². The van der Waals surface area contributed by atoms with E-state index < -0.39 is 10.9 Å². The topological polar surface area (TPSA) is 132 Å². The van der Waals surface area contributed by atoms with Gasteiger partial charge in [-0.15, -0.1) is 5.10 Å². The molecule has 0 radical (unpaired) electrons. The molecule has 0 spiro atoms. The van der Waals surface area contributed by atoms with Crippen molar-refractivity contribution < 1.29 is 24.0 Å². The third-order valence-corrected chi connectivity index (χ3v) is 4.82. The summed E-state index contributed by atoms with van der Waals surface area (Å²) >= 11 is 1.28. The number of amidine groups is 1. The molecule has 1 aliphatic heterocycles. The Kier molecular flexibility index (Phi) is 6.75. The van der Waals surface area contributed by atoms with Crippen LogP contribution in [0.15, 0.2) is 52.7 Å². The van der Waals surface area contributed by atoms with Gasteiger partial charge in [-0.3, -0.25) is 14.9 Å². The molecule has 0 unspecified atom stereocenters. The Hall–Kier alpha value is -3.73. The predicted molar refractivity (Wildman–Crippen MR) is 111 cm³/mol. The second-order valence-electron chi connectivity index (χ2n) is 5.90. The summed E-state index contributed by atoms with van der Waals surface area (Å²) in [4.78, 5) is 33.7. The SMILES string of the molecule is COC(=O)c1cccc([N+](=O)[O-])c1COc1ccc(C=NN=C2NC(=O)CS2)cc1. The van der Waals surface area contributed by atoms with E-state index in [1.54, 1.807) is 24.3 Å². The Morgan fingerprint density at radius 1 is 1.30 bits per heavy atom. The second-order valence-corrected chi connectivity index (χ2v) is 6.86. The summed E-state index contributed by atoms with van der Waals surface area (Å²) in [6.07, 6.45) is 1.51. The maximum Gasteiger partial charge on any atom is 0.338 e. The highest BCUT2D eigenvalue weighted by atomic mass is 32.2. The molecular formula is C19H16N4O6S. The van der Waals surface area contributed by atoms with Crippen LogP contribution in [0.1, 0.15) is 21.5 Å². The highest BCUT2D eigenvalue weighted by Gasteiger charge is 2.22. The number of methoxy groups -OCH3 is 1. The average molecular weight is 428 g/mol. The summed E-state index contributed by atoms with van der Waals surface area (Å²) in [5.41, 5.74) is 0.720. The third-order valence-electron chi connectivity index (χ3n) is 3.96. The molecule has 0 aromatic heterocycles. The number of nitro benzene ring substituents is 1. The van der Waals surface area contributed by atoms with E-state index in [4.69, 9.17) is 9.47 Å². The average Bonchev–Trinajstić information content (AvgIpc) is 3.17. The van der Waals surface area contributed by atoms with Gasteiger partial charge in [0.2, 0.25) is 5.91 Å². The number of benzene rings is 2. The molecule has 0 atom stereocenters. The Balaban J connectivity index is 1.69. The number of hydrogen-bond acceptors (Lipinski definition) is 9. The smallest absolute Gasteiger partial charge is 0.338 e. The Morgan fingerprint density at radius 2 is 2.07 bits per heavy atom. The normalized spacial score (nSPS) is 14.7. The zero-order valence-electron chi connectivity index (χ0n) is 15.7. The molecule has 10 nitrogen and oxygen atoms in total. The van der Waals surface area contributed by atoms with Crippen LogP contribution in [0.25, 0.3) is 0 Å². The number of rotatable bonds is 7. The number of amides is 1. The lowest BCUT2D eigenvalue weighted by Gasteiger charge is -2.10. The lowest BCUT2D eigenvalue weighted by Crippen LogP contribution is -2.19. The van der Waals surface area contributed by atoms with Gasteiger partial charge in [0.1, 0.15) is 12.4 Å². The van der Waals surface area contributed by atoms with Crippen LogP contribution in [0, 0.1) is 10.1 Å². The molecule has 2 aromatic carbocycles. The van der Waals surface area contributed by atoms with E-state index >= 15 is 0 Å². The van der Waals surface area contributed by atoms with Crippen LogP contribution in [0.2, 0.25) is 0 Å². The number of nitrogens with one attached hydrogen (secondary N) is 1. The molecule has 0 aliphatic carbocycles. The number of hydrogen-bond donors (Lipinski definition) is 1. The van der Waals surface area contributed by atoms with E-state index in [1.165, 1.54) is 43.3 Å². The molecule has 1 fully saturated rings. The fourth-order valence-corrected chi connectivity index (χ4v) is 3.16. The first-order valence-corrected chi connectivity index (χ1v) is 9.57. The molecule has 1 N–H and O–H groups in total. The summed E-state index contributed by atoms with van der Waals surface area (Å²) in [6.45, 7) is -0.181. The van der Waals surface area contributed by atoms with Gasteiger partial charge >= 0.3 is 5.97 Å². The first-order valence-electron chi connectivity index (χ1n) is 8.59. The number of carbonyl (C=O) groups is 2. The van der Waals surface area contributed by atoms with Crippen molar-refractivity contribution >= 4 is 40.7 Å². The molecule has 1 amide bonds. The lowest BCUT2D eigenvalue weighted by molar-refractivity contribution is -0.385. The van der Waals surface area contributed by atoms with Gasteiger partial charge in [-0.1, -0.05) is 17.8 Å². The Morgan fingerprint density at radius 3 is 2.70 bits per heavy atom. The summed E-state index contributed by atoms with van der Waals surface area (Å²) in [5.74, 6) is -0.00455. The molecule has 1 saturated heterocycles. The minimum Gasteiger partial charge on any atom is -0.489 e. The summed E-state index contributed by atoms with van der Waals surface area (Å²) in [6, 6.07) is 10.9. The van der Waals surface area contributed by atoms with Crippen molar-refractivity contribution in [1.82, 2.24) is 5.32 Å². The number of nitro groups is 1. The number of esters is 1. The van der Waals surface area contributed by atoms with E-state index in [0.717, 1.165) is 5.56 Å². The van der Waals surface area contributed by atoms with E-state index in [2.05, 4.69) is 15.5 Å². The molecule has 1 aliphatic rings. The van der Waals surface area contributed by atoms with Crippen molar-refractivity contribution in [3.63, 3.8) is 0 Å². The minimum absolute atomic E-state index is 0.0754. The van der Waals surface area contributed by atoms with E-state index in [1.807, 2.05) is 0 Å². The summed E-state index contributed by atoms with van der Waals surface area (Å²) in [5, 5.41) is 22.1. The van der Waals surface area contributed by atoms with Gasteiger partial charge in [0.15, 0.2) is 5.17 Å². The van der Waals surface area contributed by atoms with Gasteiger partial charge in [0.05, 0.1) is 35.1 Å². The molecule has 154 valence electrons.